The van der Waals surface area contributed by atoms with Crippen LogP contribution in [0.3, 0.4) is 0 Å². The van der Waals surface area contributed by atoms with E-state index in [2.05, 4.69) is 185 Å². The first-order chi connectivity index (χ1) is 60.9. The summed E-state index contributed by atoms with van der Waals surface area (Å²) in [6.07, 6.45) is 38.0. The van der Waals surface area contributed by atoms with Crippen molar-refractivity contribution in [1.29, 1.82) is 10.5 Å². The van der Waals surface area contributed by atoms with Gasteiger partial charge in [0.25, 0.3) is 11.4 Å². The fourth-order valence-electron chi connectivity index (χ4n) is 19.4. The normalized spacial score (nSPS) is 15.7. The monoisotopic (exact) mass is 1780 g/mol. The molecule has 2 atom stereocenters. The van der Waals surface area contributed by atoms with Crippen LogP contribution in [0, 0.1) is 66.9 Å². The molecule has 8 nitrogen and oxygen atoms in total. The fourth-order valence-corrected chi connectivity index (χ4v) is 25.2. The van der Waals surface area contributed by atoms with Gasteiger partial charge >= 0.3 is 0 Å². The highest BCUT2D eigenvalue weighted by Crippen LogP contribution is 2.71. The predicted molar refractivity (Wildman–Crippen MR) is 526 cm³/mol. The molecule has 636 valence electrons. The largest absolute Gasteiger partial charge is 0.491 e. The van der Waals surface area contributed by atoms with E-state index in [1.807, 2.05) is 25.1 Å². The van der Waals surface area contributed by atoms with Gasteiger partial charge in [0.15, 0.2) is 11.6 Å². The number of aryl methyl sites for hydroxylation is 5. The van der Waals surface area contributed by atoms with Crippen molar-refractivity contribution in [1.82, 2.24) is 0 Å². The van der Waals surface area contributed by atoms with E-state index in [-0.39, 0.29) is 73.7 Å². The predicted octanol–water partition coefficient (Wildman–Crippen LogP) is 32.6. The average molecular weight is 1780 g/mol. The van der Waals surface area contributed by atoms with Crippen molar-refractivity contribution in [2.45, 2.75) is 233 Å². The van der Waals surface area contributed by atoms with Crippen LogP contribution in [0.1, 0.15) is 304 Å². The molecule has 0 radical (unpaired) electrons. The zero-order chi connectivity index (χ0) is 87.8. The number of unbranched alkanes of at least 4 members (excludes halogenated alkanes) is 14. The van der Waals surface area contributed by atoms with E-state index in [1.165, 1.54) is 47.9 Å². The number of ether oxygens (including phenoxy) is 2. The van der Waals surface area contributed by atoms with E-state index in [1.54, 1.807) is 63.5 Å². The van der Waals surface area contributed by atoms with E-state index in [0.29, 0.717) is 33.9 Å². The second-order valence-electron chi connectivity index (χ2n) is 34.5. The lowest BCUT2D eigenvalue weighted by Gasteiger charge is -2.35. The van der Waals surface area contributed by atoms with Gasteiger partial charge in [-0.25, -0.2) is 20.2 Å². The maximum atomic E-state index is 15.4. The third kappa shape index (κ3) is 17.1. The number of nitriles is 2. The van der Waals surface area contributed by atoms with Gasteiger partial charge in [-0.05, 0) is 192 Å². The molecule has 0 aliphatic heterocycles. The highest BCUT2D eigenvalue weighted by Gasteiger charge is 2.55. The Balaban J connectivity index is 1.10. The molecule has 0 spiro atoms. The summed E-state index contributed by atoms with van der Waals surface area (Å²) >= 11 is 27.1. The van der Waals surface area contributed by atoms with Crippen LogP contribution in [0.5, 0.6) is 11.5 Å². The Bertz CT molecular complexity index is 6040. The minimum Gasteiger partial charge on any atom is -0.491 e. The summed E-state index contributed by atoms with van der Waals surface area (Å²) in [4.78, 5) is 43.9. The van der Waals surface area contributed by atoms with Crippen molar-refractivity contribution in [2.24, 2.45) is 11.8 Å². The zero-order valence-corrected chi connectivity index (χ0v) is 78.6. The standard InChI is InChI=1S/C110H107Cl3N4O4S4/c1-12-19-25-29-35-70-39-47-74(48-40-70)109(75-49-41-71(42-50-75)36-30-26-20-13-2)86-58-78(56-84-93(91(63-114)116-10)80-55-68(9)88(111)61-82(80)99(84)118)122-103(86)107-97(109)95-101(120-65-67(8)33-23-16-5)105-96(102(106(95)125-107)121-66-69(18-7)34-24-17-6)98-108(124-105)104-87(59-79(123-104)57-85-94(92(64-115)117-11)81-60-89(112)90(113)62-83(81)100(85)119)110(98,76-51-43-72(44-52-76)37-31-27-21-14-3)77-53-45-73(46-54-77)38-32-28-22-15-4/h7,39-62,67,69H,12-17,19-38,65-66H2,1-6,8-9H3/b84-56-,85-57-,93-91-,94-92+. The summed E-state index contributed by atoms with van der Waals surface area (Å²) in [5, 5.41) is 24.4. The van der Waals surface area contributed by atoms with Crippen LogP contribution in [0.2, 0.25) is 15.1 Å². The summed E-state index contributed by atoms with van der Waals surface area (Å²) in [6, 6.07) is 53.2. The van der Waals surface area contributed by atoms with Crippen molar-refractivity contribution in [3.63, 3.8) is 0 Å². The van der Waals surface area contributed by atoms with Gasteiger partial charge in [0.2, 0.25) is 0 Å². The molecule has 125 heavy (non-hydrogen) atoms. The minimum atomic E-state index is -1.09. The smallest absolute Gasteiger partial charge is 0.270 e. The van der Waals surface area contributed by atoms with Gasteiger partial charge in [0.05, 0.1) is 87.6 Å². The number of thiophene rings is 4. The lowest BCUT2D eigenvalue weighted by Crippen LogP contribution is -2.29. The molecule has 0 saturated carbocycles. The number of benzene rings is 7. The van der Waals surface area contributed by atoms with Gasteiger partial charge in [0, 0.05) is 70.1 Å². The van der Waals surface area contributed by atoms with Crippen LogP contribution < -0.4 is 9.47 Å². The first kappa shape index (κ1) is 90.0. The fraction of sp³-hybridized carbons (Fsp3) is 0.364. The van der Waals surface area contributed by atoms with Crippen LogP contribution in [0.4, 0.5) is 0 Å². The SMILES string of the molecule is [C-]#[N+]/C(C#N)=C1\C(=C\c2cc3c(s2)-c2sc4c(OCC(C#C)CCCC)c5c6c(sc5c(OCC(C)CCCC)c4c2C3(c2ccc(CCCCCC)cc2)c2ccc(CCCCCC)cc2)-c2sc(/C=C3\C(=O)c4cc(Cl)c(Cl)cc4\C3=C(\C#N)[N+]#[C-])cc2C6(c2ccc(CCCCCC)cc2)c2ccc(CCCCCC)cc2)C(=O)c2cc(Cl)c(C)cc21. The Morgan fingerprint density at radius 3 is 1.17 bits per heavy atom. The number of allylic oxidation sites excluding steroid dienone is 6. The highest BCUT2D eigenvalue weighted by molar-refractivity contribution is 7.29. The Morgan fingerprint density at radius 1 is 0.456 bits per heavy atom. The molecule has 7 aromatic carbocycles. The Hall–Kier alpha value is -9.85. The number of ketones is 2. The first-order valence-corrected chi connectivity index (χ1v) is 49.7. The van der Waals surface area contributed by atoms with Crippen molar-refractivity contribution < 1.29 is 19.1 Å². The first-order valence-electron chi connectivity index (χ1n) is 45.3. The number of carbonyl (C=O) groups is 2. The van der Waals surface area contributed by atoms with Crippen molar-refractivity contribution in [3.8, 4) is 55.5 Å². The maximum absolute atomic E-state index is 15.4. The molecule has 4 aliphatic carbocycles. The third-order valence-electron chi connectivity index (χ3n) is 26.0. The molecule has 11 aromatic rings. The number of nitrogens with zero attached hydrogens (tertiary/aromatic N) is 4. The number of fused-ring (bicyclic) bond motifs is 12. The van der Waals surface area contributed by atoms with E-state index < -0.39 is 10.8 Å². The van der Waals surface area contributed by atoms with Gasteiger partial charge in [-0.1, -0.05) is 295 Å². The van der Waals surface area contributed by atoms with E-state index in [0.717, 1.165) is 252 Å². The molecule has 4 heterocycles. The lowest BCUT2D eigenvalue weighted by molar-refractivity contribution is 0.103. The topological polar surface area (TPSA) is 109 Å². The molecule has 2 unspecified atom stereocenters. The third-order valence-corrected chi connectivity index (χ3v) is 32.0. The van der Waals surface area contributed by atoms with Gasteiger partial charge in [-0.2, -0.15) is 0 Å². The van der Waals surface area contributed by atoms with Gasteiger partial charge in [0.1, 0.15) is 18.1 Å². The molecule has 0 N–H and O–H groups in total. The minimum absolute atomic E-state index is 0.147. The molecule has 4 aromatic heterocycles. The van der Waals surface area contributed by atoms with Gasteiger partial charge < -0.3 is 9.47 Å². The molecule has 0 saturated heterocycles. The second kappa shape index (κ2) is 40.0. The maximum Gasteiger partial charge on any atom is 0.270 e. The summed E-state index contributed by atoms with van der Waals surface area (Å²) < 4.78 is 18.1. The molecule has 15 rings (SSSR count). The number of Topliss-reactive ketones (excluding diaryl/α,β-unsaturated/α-hetero) is 2. The van der Waals surface area contributed by atoms with Crippen LogP contribution in [0.15, 0.2) is 156 Å². The van der Waals surface area contributed by atoms with Crippen LogP contribution in [-0.4, -0.2) is 24.8 Å². The van der Waals surface area contributed by atoms with Gasteiger partial charge in [-0.3, -0.25) is 9.59 Å². The summed E-state index contributed by atoms with van der Waals surface area (Å²) in [6.45, 7) is 35.1. The summed E-state index contributed by atoms with van der Waals surface area (Å²) in [5.41, 5.74) is 14.3. The molecule has 4 aliphatic rings. The molecule has 15 heteroatoms. The molecule has 0 bridgehead atoms. The highest BCUT2D eigenvalue weighted by atomic mass is 35.5. The summed E-state index contributed by atoms with van der Waals surface area (Å²) in [7, 11) is 0. The van der Waals surface area contributed by atoms with Crippen molar-refractivity contribution >= 4 is 135 Å². The van der Waals surface area contributed by atoms with E-state index in [4.69, 9.17) is 63.8 Å². The molecular weight excluding hydrogens is 1680 g/mol. The summed E-state index contributed by atoms with van der Waals surface area (Å²) in [5.74, 6) is 3.97. The van der Waals surface area contributed by atoms with Crippen LogP contribution in [-0.2, 0) is 36.5 Å². The Morgan fingerprint density at radius 2 is 0.808 bits per heavy atom. The molecular formula is C110H107Cl3N4O4S4. The van der Waals surface area contributed by atoms with E-state index >= 15 is 9.59 Å². The van der Waals surface area contributed by atoms with E-state index in [9.17, 15) is 10.5 Å². The lowest BCUT2D eigenvalue weighted by atomic mass is 9.66. The number of carbonyl (C=O) groups excluding carboxylic acids is 2. The second-order valence-corrected chi connectivity index (χ2v) is 39.9. The number of terminal acetylenes is 1. The van der Waals surface area contributed by atoms with Crippen LogP contribution in [0.25, 0.3) is 72.7 Å². The number of hydrogen-bond donors (Lipinski definition) is 0. The Labute approximate surface area is 770 Å². The van der Waals surface area contributed by atoms with Gasteiger partial charge in [-0.15, -0.1) is 51.8 Å². The number of halogens is 3. The van der Waals surface area contributed by atoms with Crippen molar-refractivity contribution in [2.75, 3.05) is 13.2 Å². The zero-order valence-electron chi connectivity index (χ0n) is 73.1. The molecule has 0 fully saturated rings. The quantitative estimate of drug-likeness (QED) is 0.0125. The number of hydrogen-bond acceptors (Lipinski definition) is 10. The van der Waals surface area contributed by atoms with Crippen molar-refractivity contribution in [3.05, 3.63) is 298 Å². The number of rotatable bonds is 38. The molecule has 0 amide bonds. The van der Waals surface area contributed by atoms with Crippen LogP contribution >= 0.6 is 80.1 Å². The Kier molecular flexibility index (Phi) is 28.8. The average Bonchev–Trinajstić information content (AvgIpc) is 1.50.